The minimum Gasteiger partial charge on any atom is -0.365 e. The van der Waals surface area contributed by atoms with E-state index in [0.717, 1.165) is 6.07 Å². The summed E-state index contributed by atoms with van der Waals surface area (Å²) in [5, 5.41) is 3.50. The minimum atomic E-state index is -0.654. The summed E-state index contributed by atoms with van der Waals surface area (Å²) in [6.07, 6.45) is 3.35. The number of hydrogen-bond donors (Lipinski definition) is 1. The lowest BCUT2D eigenvalue weighted by molar-refractivity contribution is 0.574. The minimum absolute atomic E-state index is 0.0817. The van der Waals surface area contributed by atoms with Crippen LogP contribution in [0.15, 0.2) is 53.8 Å². The van der Waals surface area contributed by atoms with Crippen molar-refractivity contribution in [2.75, 3.05) is 11.6 Å². The molecule has 0 aliphatic heterocycles. The Labute approximate surface area is 147 Å². The lowest BCUT2D eigenvalue weighted by atomic mass is 10.1. The first-order valence-corrected chi connectivity index (χ1v) is 8.64. The molecule has 0 radical (unpaired) electrons. The Morgan fingerprint density at radius 3 is 2.52 bits per heavy atom. The molecule has 7 heteroatoms. The Morgan fingerprint density at radius 2 is 1.80 bits per heavy atom. The van der Waals surface area contributed by atoms with Crippen molar-refractivity contribution in [3.63, 3.8) is 0 Å². The van der Waals surface area contributed by atoms with Crippen molar-refractivity contribution < 1.29 is 13.2 Å². The van der Waals surface area contributed by atoms with Crippen LogP contribution < -0.4 is 5.32 Å². The highest BCUT2D eigenvalue weighted by molar-refractivity contribution is 7.98. The highest BCUT2D eigenvalue weighted by Gasteiger charge is 2.13. The van der Waals surface area contributed by atoms with E-state index >= 15 is 0 Å². The molecule has 0 unspecified atom stereocenters. The maximum atomic E-state index is 14.1. The summed E-state index contributed by atoms with van der Waals surface area (Å²) < 4.78 is 40.9. The molecule has 0 saturated carbocycles. The van der Waals surface area contributed by atoms with E-state index in [1.54, 1.807) is 18.2 Å². The lowest BCUT2D eigenvalue weighted by Gasteiger charge is -2.13. The number of rotatable bonds is 5. The molecule has 0 atom stereocenters. The molecule has 0 fully saturated rings. The highest BCUT2D eigenvalue weighted by atomic mass is 32.2. The van der Waals surface area contributed by atoms with Crippen molar-refractivity contribution in [3.05, 3.63) is 71.7 Å². The number of anilines is 1. The van der Waals surface area contributed by atoms with Gasteiger partial charge in [0, 0.05) is 35.5 Å². The lowest BCUT2D eigenvalue weighted by Crippen LogP contribution is -2.06. The number of hydrogen-bond acceptors (Lipinski definition) is 4. The first kappa shape index (κ1) is 17.3. The van der Waals surface area contributed by atoms with Gasteiger partial charge >= 0.3 is 0 Å². The molecule has 1 aromatic heterocycles. The van der Waals surface area contributed by atoms with Gasteiger partial charge in [-0.05, 0) is 18.4 Å². The number of aromatic nitrogens is 2. The van der Waals surface area contributed by atoms with Gasteiger partial charge in [0.05, 0.1) is 0 Å². The number of benzene rings is 2. The highest BCUT2D eigenvalue weighted by Crippen LogP contribution is 2.29. The van der Waals surface area contributed by atoms with Gasteiger partial charge in [0.25, 0.3) is 0 Å². The van der Waals surface area contributed by atoms with Crippen molar-refractivity contribution in [1.82, 2.24) is 9.97 Å². The zero-order valence-electron chi connectivity index (χ0n) is 13.3. The second-order valence-electron chi connectivity index (χ2n) is 5.19. The first-order chi connectivity index (χ1) is 12.1. The Bertz CT molecular complexity index is 902. The van der Waals surface area contributed by atoms with E-state index in [1.807, 2.05) is 6.26 Å². The van der Waals surface area contributed by atoms with Crippen molar-refractivity contribution >= 4 is 17.6 Å². The molecular weight excluding hydrogens is 347 g/mol. The zero-order valence-corrected chi connectivity index (χ0v) is 14.1. The smallest absolute Gasteiger partial charge is 0.189 e. The predicted octanol–water partition coefficient (Wildman–Crippen LogP) is 4.89. The molecule has 0 amide bonds. The van der Waals surface area contributed by atoms with Gasteiger partial charge in [-0.1, -0.05) is 36.0 Å². The molecule has 25 heavy (non-hydrogen) atoms. The summed E-state index contributed by atoms with van der Waals surface area (Å²) in [7, 11) is 0. The van der Waals surface area contributed by atoms with Gasteiger partial charge in [-0.15, -0.1) is 0 Å². The second-order valence-corrected chi connectivity index (χ2v) is 5.96. The monoisotopic (exact) mass is 361 g/mol. The molecule has 0 spiro atoms. The summed E-state index contributed by atoms with van der Waals surface area (Å²) >= 11 is 1.34. The van der Waals surface area contributed by atoms with Crippen molar-refractivity contribution in [1.29, 1.82) is 0 Å². The van der Waals surface area contributed by atoms with E-state index in [1.165, 1.54) is 36.2 Å². The summed E-state index contributed by atoms with van der Waals surface area (Å²) in [6, 6.07) is 9.64. The Kier molecular flexibility index (Phi) is 5.23. The molecule has 1 N–H and O–H groups in total. The van der Waals surface area contributed by atoms with E-state index < -0.39 is 17.5 Å². The fourth-order valence-electron chi connectivity index (χ4n) is 2.32. The van der Waals surface area contributed by atoms with Crippen LogP contribution in [0, 0.1) is 17.5 Å². The van der Waals surface area contributed by atoms with Crippen LogP contribution in [0.5, 0.6) is 0 Å². The molecule has 3 rings (SSSR count). The van der Waals surface area contributed by atoms with E-state index in [4.69, 9.17) is 0 Å². The van der Waals surface area contributed by atoms with Gasteiger partial charge in [0.1, 0.15) is 23.3 Å². The number of nitrogens with zero attached hydrogens (tertiary/aromatic N) is 2. The summed E-state index contributed by atoms with van der Waals surface area (Å²) in [5.74, 6) is -1.31. The summed E-state index contributed by atoms with van der Waals surface area (Å²) in [4.78, 5) is 8.53. The molecule has 128 valence electrons. The third kappa shape index (κ3) is 3.93. The molecule has 0 aliphatic rings. The van der Waals surface area contributed by atoms with Gasteiger partial charge in [0.2, 0.25) is 0 Å². The molecule has 2 aromatic carbocycles. The molecule has 3 aromatic rings. The van der Waals surface area contributed by atoms with Crippen LogP contribution in [-0.4, -0.2) is 16.2 Å². The average Bonchev–Trinajstić information content (AvgIpc) is 2.61. The maximum absolute atomic E-state index is 14.1. The van der Waals surface area contributed by atoms with Crippen molar-refractivity contribution in [2.45, 2.75) is 11.7 Å². The first-order valence-electron chi connectivity index (χ1n) is 7.42. The van der Waals surface area contributed by atoms with Gasteiger partial charge < -0.3 is 5.32 Å². The topological polar surface area (TPSA) is 37.8 Å². The van der Waals surface area contributed by atoms with E-state index in [0.29, 0.717) is 22.1 Å². The van der Waals surface area contributed by atoms with E-state index in [-0.39, 0.29) is 12.1 Å². The fraction of sp³-hybridized carbons (Fsp3) is 0.111. The second kappa shape index (κ2) is 7.57. The third-order valence-corrected chi connectivity index (χ3v) is 4.14. The van der Waals surface area contributed by atoms with Gasteiger partial charge in [-0.3, -0.25) is 0 Å². The molecule has 0 saturated heterocycles. The average molecular weight is 361 g/mol. The molecule has 0 bridgehead atoms. The van der Waals surface area contributed by atoms with Gasteiger partial charge in [-0.2, -0.15) is 0 Å². The van der Waals surface area contributed by atoms with Crippen molar-refractivity contribution in [3.8, 4) is 11.1 Å². The van der Waals surface area contributed by atoms with Crippen LogP contribution >= 0.6 is 11.8 Å². The summed E-state index contributed by atoms with van der Waals surface area (Å²) in [6.45, 7) is 0.0817. The largest absolute Gasteiger partial charge is 0.365 e. The number of nitrogens with one attached hydrogen (secondary N) is 1. The summed E-state index contributed by atoms with van der Waals surface area (Å²) in [5.41, 5.74) is 1.10. The van der Waals surface area contributed by atoms with Crippen LogP contribution in [0.4, 0.5) is 19.0 Å². The zero-order chi connectivity index (χ0) is 17.8. The van der Waals surface area contributed by atoms with Crippen LogP contribution in [0.25, 0.3) is 11.1 Å². The van der Waals surface area contributed by atoms with Crippen LogP contribution in [0.3, 0.4) is 0 Å². The van der Waals surface area contributed by atoms with E-state index in [9.17, 15) is 13.2 Å². The SMILES string of the molecule is CSc1ncc(-c2ccccc2F)c(NCc2ccc(F)cc2F)n1. The Balaban J connectivity index is 1.95. The van der Waals surface area contributed by atoms with Crippen LogP contribution in [-0.2, 0) is 6.54 Å². The van der Waals surface area contributed by atoms with Gasteiger partial charge in [-0.25, -0.2) is 23.1 Å². The molecule has 3 nitrogen and oxygen atoms in total. The number of halogens is 3. The third-order valence-electron chi connectivity index (χ3n) is 3.57. The van der Waals surface area contributed by atoms with Crippen LogP contribution in [0.1, 0.15) is 5.56 Å². The maximum Gasteiger partial charge on any atom is 0.189 e. The quantitative estimate of drug-likeness (QED) is 0.518. The Morgan fingerprint density at radius 1 is 1.00 bits per heavy atom. The van der Waals surface area contributed by atoms with E-state index in [2.05, 4.69) is 15.3 Å². The molecule has 0 aliphatic carbocycles. The predicted molar refractivity (Wildman–Crippen MR) is 92.9 cm³/mol. The Hall–Kier alpha value is -2.54. The van der Waals surface area contributed by atoms with Crippen molar-refractivity contribution in [2.24, 2.45) is 0 Å². The van der Waals surface area contributed by atoms with Gasteiger partial charge in [0.15, 0.2) is 5.16 Å². The standard InChI is InChI=1S/C18H14F3N3S/c1-25-18-23-10-14(13-4-2-3-5-15(13)20)17(24-18)22-9-11-6-7-12(19)8-16(11)21/h2-8,10H,9H2,1H3,(H,22,23,24). The molecular formula is C18H14F3N3S. The normalized spacial score (nSPS) is 10.7. The molecule has 1 heterocycles. The number of thioether (sulfide) groups is 1. The fourth-order valence-corrected chi connectivity index (χ4v) is 2.66. The van der Waals surface area contributed by atoms with Crippen LogP contribution in [0.2, 0.25) is 0 Å².